The second kappa shape index (κ2) is 2.79. The zero-order valence-corrected chi connectivity index (χ0v) is 6.63. The highest BCUT2D eigenvalue weighted by Gasteiger charge is 2.00. The molecule has 52 valence electrons. The summed E-state index contributed by atoms with van der Waals surface area (Å²) >= 11 is 3.16. The lowest BCUT2D eigenvalue weighted by atomic mass is 10.3. The van der Waals surface area contributed by atoms with Crippen molar-refractivity contribution in [2.45, 2.75) is 0 Å². The molecule has 0 aliphatic rings. The van der Waals surface area contributed by atoms with E-state index in [4.69, 9.17) is 5.73 Å². The molecule has 0 bridgehead atoms. The van der Waals surface area contributed by atoms with Gasteiger partial charge in [-0.3, -0.25) is 9.78 Å². The molecule has 0 amide bonds. The van der Waals surface area contributed by atoms with E-state index in [1.54, 1.807) is 6.07 Å². The largest absolute Gasteiger partial charge is 0.396 e. The smallest absolute Gasteiger partial charge is 0.170 e. The molecule has 0 fully saturated rings. The van der Waals surface area contributed by atoms with Crippen molar-refractivity contribution in [2.75, 3.05) is 5.73 Å². The third-order valence-electron chi connectivity index (χ3n) is 1.08. The Bertz CT molecular complexity index is 262. The third kappa shape index (κ3) is 1.16. The Balaban J connectivity index is 3.27. The van der Waals surface area contributed by atoms with Crippen LogP contribution in [0.4, 0.5) is 5.69 Å². The standard InChI is InChI=1S/C6H5BrN2O/c7-4-1-2-9-5(3-10)6(4)8/h1-3H,8H2. The number of aromatic nitrogens is 1. The van der Waals surface area contributed by atoms with Gasteiger partial charge in [-0.2, -0.15) is 0 Å². The number of nitrogens with two attached hydrogens (primary N) is 1. The van der Waals surface area contributed by atoms with E-state index in [1.807, 2.05) is 0 Å². The lowest BCUT2D eigenvalue weighted by Crippen LogP contribution is -1.96. The van der Waals surface area contributed by atoms with Crippen LogP contribution in [-0.4, -0.2) is 11.3 Å². The number of halogens is 1. The Kier molecular flexibility index (Phi) is 2.01. The highest BCUT2D eigenvalue weighted by Crippen LogP contribution is 2.19. The van der Waals surface area contributed by atoms with Gasteiger partial charge in [-0.15, -0.1) is 0 Å². The van der Waals surface area contributed by atoms with Gasteiger partial charge < -0.3 is 5.73 Å². The molecule has 0 radical (unpaired) electrons. The van der Waals surface area contributed by atoms with E-state index in [2.05, 4.69) is 20.9 Å². The van der Waals surface area contributed by atoms with E-state index < -0.39 is 0 Å². The van der Waals surface area contributed by atoms with Crippen LogP contribution in [0, 0.1) is 0 Å². The number of hydrogen-bond acceptors (Lipinski definition) is 3. The first-order valence-electron chi connectivity index (χ1n) is 2.61. The van der Waals surface area contributed by atoms with Gasteiger partial charge >= 0.3 is 0 Å². The molecule has 0 saturated heterocycles. The molecule has 1 rings (SSSR count). The molecule has 0 aliphatic heterocycles. The number of carbonyl (C=O) groups is 1. The van der Waals surface area contributed by atoms with E-state index >= 15 is 0 Å². The van der Waals surface area contributed by atoms with Crippen LogP contribution in [0.15, 0.2) is 16.7 Å². The highest BCUT2D eigenvalue weighted by atomic mass is 79.9. The number of carbonyl (C=O) groups excluding carboxylic acids is 1. The number of rotatable bonds is 1. The number of hydrogen-bond donors (Lipinski definition) is 1. The van der Waals surface area contributed by atoms with Crippen LogP contribution in [0.2, 0.25) is 0 Å². The summed E-state index contributed by atoms with van der Waals surface area (Å²) in [6.45, 7) is 0. The summed E-state index contributed by atoms with van der Waals surface area (Å²) in [7, 11) is 0. The molecular weight excluding hydrogens is 196 g/mol. The predicted octanol–water partition coefficient (Wildman–Crippen LogP) is 1.24. The third-order valence-corrected chi connectivity index (χ3v) is 1.77. The van der Waals surface area contributed by atoms with E-state index in [1.165, 1.54) is 6.20 Å². The normalized spacial score (nSPS) is 9.30. The topological polar surface area (TPSA) is 56.0 Å². The van der Waals surface area contributed by atoms with Crippen LogP contribution in [0.3, 0.4) is 0 Å². The number of nitrogens with zero attached hydrogens (tertiary/aromatic N) is 1. The molecule has 1 aromatic rings. The summed E-state index contributed by atoms with van der Waals surface area (Å²) < 4.78 is 0.699. The Hall–Kier alpha value is -0.900. The highest BCUT2D eigenvalue weighted by molar-refractivity contribution is 9.10. The summed E-state index contributed by atoms with van der Waals surface area (Å²) in [5.74, 6) is 0. The molecule has 0 atom stereocenters. The van der Waals surface area contributed by atoms with Gasteiger partial charge in [0.1, 0.15) is 5.69 Å². The van der Waals surface area contributed by atoms with Gasteiger partial charge in [-0.25, -0.2) is 0 Å². The monoisotopic (exact) mass is 200 g/mol. The van der Waals surface area contributed by atoms with Crippen molar-refractivity contribution in [3.05, 3.63) is 22.4 Å². The lowest BCUT2D eigenvalue weighted by Gasteiger charge is -1.97. The average molecular weight is 201 g/mol. The molecule has 4 heteroatoms. The molecular formula is C6H5BrN2O. The van der Waals surface area contributed by atoms with Gasteiger partial charge in [0.05, 0.1) is 5.69 Å². The van der Waals surface area contributed by atoms with Gasteiger partial charge in [0.2, 0.25) is 0 Å². The van der Waals surface area contributed by atoms with E-state index in [0.29, 0.717) is 16.4 Å². The fourth-order valence-corrected chi connectivity index (χ4v) is 0.880. The van der Waals surface area contributed by atoms with Crippen molar-refractivity contribution in [2.24, 2.45) is 0 Å². The van der Waals surface area contributed by atoms with Gasteiger partial charge in [0, 0.05) is 10.7 Å². The molecule has 0 unspecified atom stereocenters. The van der Waals surface area contributed by atoms with Gasteiger partial charge in [0.15, 0.2) is 6.29 Å². The Morgan fingerprint density at radius 1 is 1.70 bits per heavy atom. The first kappa shape index (κ1) is 7.21. The zero-order chi connectivity index (χ0) is 7.56. The number of pyridine rings is 1. The van der Waals surface area contributed by atoms with Crippen molar-refractivity contribution in [3.8, 4) is 0 Å². The van der Waals surface area contributed by atoms with E-state index in [-0.39, 0.29) is 5.69 Å². The molecule has 3 nitrogen and oxygen atoms in total. The maximum atomic E-state index is 10.2. The number of nitrogen functional groups attached to an aromatic ring is 1. The van der Waals surface area contributed by atoms with Crippen LogP contribution < -0.4 is 5.73 Å². The molecule has 0 aromatic carbocycles. The average Bonchev–Trinajstić information content (AvgIpc) is 1.95. The first-order chi connectivity index (χ1) is 4.75. The Morgan fingerprint density at radius 2 is 2.40 bits per heavy atom. The molecule has 2 N–H and O–H groups in total. The van der Waals surface area contributed by atoms with Crippen LogP contribution in [0.25, 0.3) is 0 Å². The van der Waals surface area contributed by atoms with Crippen molar-refractivity contribution >= 4 is 27.9 Å². The summed E-state index contributed by atoms with van der Waals surface area (Å²) in [5, 5.41) is 0. The second-order valence-electron chi connectivity index (χ2n) is 1.71. The van der Waals surface area contributed by atoms with Crippen LogP contribution in [0.5, 0.6) is 0 Å². The van der Waals surface area contributed by atoms with Crippen LogP contribution in [-0.2, 0) is 0 Å². The molecule has 1 heterocycles. The van der Waals surface area contributed by atoms with Crippen molar-refractivity contribution in [1.29, 1.82) is 0 Å². The predicted molar refractivity (Wildman–Crippen MR) is 41.7 cm³/mol. The molecule has 0 aliphatic carbocycles. The minimum absolute atomic E-state index is 0.273. The minimum atomic E-state index is 0.273. The van der Waals surface area contributed by atoms with Gasteiger partial charge in [-0.05, 0) is 22.0 Å². The van der Waals surface area contributed by atoms with Crippen LogP contribution >= 0.6 is 15.9 Å². The summed E-state index contributed by atoms with van der Waals surface area (Å²) in [6.07, 6.45) is 2.14. The molecule has 0 spiro atoms. The lowest BCUT2D eigenvalue weighted by molar-refractivity contribution is 0.112. The summed E-state index contributed by atoms with van der Waals surface area (Å²) in [4.78, 5) is 14.0. The quantitative estimate of drug-likeness (QED) is 0.695. The Labute approximate surface area is 66.4 Å². The maximum Gasteiger partial charge on any atom is 0.170 e. The van der Waals surface area contributed by atoms with Crippen molar-refractivity contribution < 1.29 is 4.79 Å². The van der Waals surface area contributed by atoms with Gasteiger partial charge in [0.25, 0.3) is 0 Å². The number of aldehydes is 1. The van der Waals surface area contributed by atoms with Crippen molar-refractivity contribution in [3.63, 3.8) is 0 Å². The van der Waals surface area contributed by atoms with E-state index in [9.17, 15) is 4.79 Å². The minimum Gasteiger partial charge on any atom is -0.396 e. The Morgan fingerprint density at radius 3 is 2.90 bits per heavy atom. The fraction of sp³-hybridized carbons (Fsp3) is 0. The fourth-order valence-electron chi connectivity index (χ4n) is 0.559. The van der Waals surface area contributed by atoms with Crippen LogP contribution in [0.1, 0.15) is 10.5 Å². The molecule has 1 aromatic heterocycles. The first-order valence-corrected chi connectivity index (χ1v) is 3.40. The molecule has 0 saturated carbocycles. The SMILES string of the molecule is Nc1c(Br)ccnc1C=O. The second-order valence-corrected chi connectivity index (χ2v) is 2.56. The van der Waals surface area contributed by atoms with E-state index in [0.717, 1.165) is 0 Å². The summed E-state index contributed by atoms with van der Waals surface area (Å²) in [5.41, 5.74) is 6.11. The van der Waals surface area contributed by atoms with Gasteiger partial charge in [-0.1, -0.05) is 0 Å². The van der Waals surface area contributed by atoms with Crippen molar-refractivity contribution in [1.82, 2.24) is 4.98 Å². The maximum absolute atomic E-state index is 10.2. The number of anilines is 1. The summed E-state index contributed by atoms with van der Waals surface area (Å²) in [6, 6.07) is 1.68. The molecule has 10 heavy (non-hydrogen) atoms. The zero-order valence-electron chi connectivity index (χ0n) is 5.04.